The molecule has 1 amide bonds. The molecule has 1 heterocycles. The van der Waals surface area contributed by atoms with Crippen LogP contribution in [0, 0.1) is 11.8 Å². The number of nitrogen functional groups attached to an aromatic ring is 1. The number of pyridine rings is 1. The fourth-order valence-corrected chi connectivity index (χ4v) is 3.68. The van der Waals surface area contributed by atoms with Crippen molar-refractivity contribution in [2.45, 2.75) is 6.54 Å². The third kappa shape index (κ3) is 6.54. The summed E-state index contributed by atoms with van der Waals surface area (Å²) >= 11 is 6.15. The topological polar surface area (TPSA) is 80.5 Å². The van der Waals surface area contributed by atoms with Crippen LogP contribution >= 0.6 is 11.6 Å². The molecule has 0 atom stereocenters. The van der Waals surface area contributed by atoms with Gasteiger partial charge in [0.25, 0.3) is 5.91 Å². The predicted octanol–water partition coefficient (Wildman–Crippen LogP) is 4.74. The Bertz CT molecular complexity index is 1420. The maximum Gasteiger partial charge on any atom is 0.251 e. The van der Waals surface area contributed by atoms with E-state index >= 15 is 0 Å². The van der Waals surface area contributed by atoms with Gasteiger partial charge in [0.1, 0.15) is 18.2 Å². The number of likely N-dealkylation sites (N-methyl/N-ethyl adjacent to an activating group) is 1. The van der Waals surface area contributed by atoms with Gasteiger partial charge in [0.15, 0.2) is 0 Å². The minimum absolute atomic E-state index is 0.155. The largest absolute Gasteiger partial charge is 0.492 e. The monoisotopic (exact) mass is 498 g/mol. The van der Waals surface area contributed by atoms with Gasteiger partial charge < -0.3 is 20.7 Å². The Balaban J connectivity index is 1.37. The average Bonchev–Trinajstić information content (AvgIpc) is 2.87. The number of benzene rings is 3. The lowest BCUT2D eigenvalue weighted by molar-refractivity contribution is 0.0951. The number of ether oxygens (including phenoxy) is 1. The first-order valence-electron chi connectivity index (χ1n) is 11.5. The van der Waals surface area contributed by atoms with Crippen LogP contribution in [-0.4, -0.2) is 43.0 Å². The summed E-state index contributed by atoms with van der Waals surface area (Å²) in [6, 6.07) is 20.4. The van der Waals surface area contributed by atoms with Gasteiger partial charge in [-0.1, -0.05) is 41.6 Å². The van der Waals surface area contributed by atoms with Crippen molar-refractivity contribution in [2.24, 2.45) is 0 Å². The molecule has 4 rings (SSSR count). The molecule has 0 saturated carbocycles. The number of hydrogen-bond acceptors (Lipinski definition) is 5. The van der Waals surface area contributed by atoms with Crippen LogP contribution in [0.2, 0.25) is 5.02 Å². The second kappa shape index (κ2) is 11.6. The van der Waals surface area contributed by atoms with Crippen LogP contribution in [0.25, 0.3) is 10.8 Å². The number of anilines is 1. The molecule has 0 saturated heterocycles. The maximum atomic E-state index is 12.6. The Labute approximate surface area is 216 Å². The molecule has 6 nitrogen and oxygen atoms in total. The number of aromatic nitrogens is 1. The number of fused-ring (bicyclic) bond motifs is 1. The van der Waals surface area contributed by atoms with E-state index in [-0.39, 0.29) is 5.91 Å². The van der Waals surface area contributed by atoms with E-state index in [2.05, 4.69) is 27.0 Å². The Hall–Kier alpha value is -4.05. The summed E-state index contributed by atoms with van der Waals surface area (Å²) in [5.41, 5.74) is 9.01. The number of halogens is 1. The highest BCUT2D eigenvalue weighted by Crippen LogP contribution is 2.25. The number of carbonyl (C=O) groups excluding carboxylic acids is 1. The van der Waals surface area contributed by atoms with E-state index in [1.54, 1.807) is 24.4 Å². The molecule has 0 bridgehead atoms. The first-order chi connectivity index (χ1) is 17.4. The highest BCUT2D eigenvalue weighted by atomic mass is 35.5. The van der Waals surface area contributed by atoms with Gasteiger partial charge in [-0.15, -0.1) is 0 Å². The van der Waals surface area contributed by atoms with E-state index in [0.29, 0.717) is 35.1 Å². The minimum Gasteiger partial charge on any atom is -0.492 e. The molecule has 182 valence electrons. The molecule has 7 heteroatoms. The van der Waals surface area contributed by atoms with Crippen molar-refractivity contribution in [2.75, 3.05) is 33.0 Å². The second-order valence-electron chi connectivity index (χ2n) is 8.56. The van der Waals surface area contributed by atoms with Crippen LogP contribution in [0.5, 0.6) is 5.75 Å². The minimum atomic E-state index is -0.155. The van der Waals surface area contributed by atoms with Crippen molar-refractivity contribution in [1.29, 1.82) is 0 Å². The summed E-state index contributed by atoms with van der Waals surface area (Å²) in [5, 5.41) is 5.32. The Morgan fingerprint density at radius 1 is 1.06 bits per heavy atom. The fourth-order valence-electron chi connectivity index (χ4n) is 3.50. The van der Waals surface area contributed by atoms with Gasteiger partial charge in [-0.2, -0.15) is 0 Å². The molecule has 0 aliphatic carbocycles. The quantitative estimate of drug-likeness (QED) is 0.360. The number of amides is 1. The zero-order chi connectivity index (χ0) is 25.5. The van der Waals surface area contributed by atoms with Crippen LogP contribution < -0.4 is 15.8 Å². The van der Waals surface area contributed by atoms with Crippen molar-refractivity contribution >= 4 is 34.1 Å². The molecule has 0 fully saturated rings. The summed E-state index contributed by atoms with van der Waals surface area (Å²) in [4.78, 5) is 18.9. The fraction of sp³-hybridized carbons (Fsp3) is 0.172. The van der Waals surface area contributed by atoms with Crippen LogP contribution in [0.1, 0.15) is 27.0 Å². The molecule has 36 heavy (non-hydrogen) atoms. The van der Waals surface area contributed by atoms with Crippen LogP contribution in [-0.2, 0) is 6.54 Å². The van der Waals surface area contributed by atoms with Crippen LogP contribution in [0.3, 0.4) is 0 Å². The van der Waals surface area contributed by atoms with Gasteiger partial charge in [-0.3, -0.25) is 4.79 Å². The highest BCUT2D eigenvalue weighted by molar-refractivity contribution is 6.31. The van der Waals surface area contributed by atoms with Gasteiger partial charge in [0, 0.05) is 46.2 Å². The molecule has 4 aromatic rings. The van der Waals surface area contributed by atoms with Gasteiger partial charge >= 0.3 is 0 Å². The number of nitrogens with two attached hydrogens (primary N) is 1. The van der Waals surface area contributed by atoms with Crippen molar-refractivity contribution in [3.8, 4) is 17.6 Å². The summed E-state index contributed by atoms with van der Waals surface area (Å²) in [7, 11) is 4.01. The molecule has 0 spiro atoms. The molecule has 0 aliphatic heterocycles. The van der Waals surface area contributed by atoms with Gasteiger partial charge in [-0.05, 0) is 68.2 Å². The van der Waals surface area contributed by atoms with Gasteiger partial charge in [-0.25, -0.2) is 4.98 Å². The maximum absolute atomic E-state index is 12.6. The number of hydrogen-bond donors (Lipinski definition) is 2. The zero-order valence-electron chi connectivity index (χ0n) is 20.2. The van der Waals surface area contributed by atoms with E-state index in [4.69, 9.17) is 22.1 Å². The zero-order valence-corrected chi connectivity index (χ0v) is 21.0. The molecule has 3 N–H and O–H groups in total. The normalized spacial score (nSPS) is 10.7. The van der Waals surface area contributed by atoms with E-state index in [0.717, 1.165) is 34.2 Å². The lowest BCUT2D eigenvalue weighted by atomic mass is 10.1. The lowest BCUT2D eigenvalue weighted by Gasteiger charge is -2.11. The average molecular weight is 499 g/mol. The lowest BCUT2D eigenvalue weighted by Crippen LogP contribution is -2.22. The molecular weight excluding hydrogens is 472 g/mol. The molecular formula is C29H27ClN4O2. The summed E-state index contributed by atoms with van der Waals surface area (Å²) < 4.78 is 5.70. The molecule has 0 unspecified atom stereocenters. The third-order valence-corrected chi connectivity index (χ3v) is 5.78. The van der Waals surface area contributed by atoms with Gasteiger partial charge in [0.2, 0.25) is 0 Å². The van der Waals surface area contributed by atoms with E-state index < -0.39 is 0 Å². The number of nitrogens with one attached hydrogen (secondary N) is 1. The second-order valence-corrected chi connectivity index (χ2v) is 8.99. The van der Waals surface area contributed by atoms with E-state index in [1.807, 2.05) is 62.6 Å². The Kier molecular flexibility index (Phi) is 8.06. The van der Waals surface area contributed by atoms with E-state index in [1.165, 1.54) is 0 Å². The third-order valence-electron chi connectivity index (χ3n) is 5.55. The number of carbonyl (C=O) groups is 1. The smallest absolute Gasteiger partial charge is 0.251 e. The van der Waals surface area contributed by atoms with E-state index in [9.17, 15) is 4.79 Å². The SMILES string of the molecule is CN(C)CCOc1ccc(CNC(=O)c2ccc(C#Cc3c(N)ncc4ccc(Cl)cc34)cc2)cc1. The summed E-state index contributed by atoms with van der Waals surface area (Å²) in [6.07, 6.45) is 1.70. The summed E-state index contributed by atoms with van der Waals surface area (Å²) in [6.45, 7) is 1.91. The van der Waals surface area contributed by atoms with Crippen LogP contribution in [0.4, 0.5) is 5.82 Å². The van der Waals surface area contributed by atoms with Crippen LogP contribution in [0.15, 0.2) is 72.9 Å². The molecule has 3 aromatic carbocycles. The number of nitrogens with zero attached hydrogens (tertiary/aromatic N) is 2. The number of rotatable bonds is 7. The Morgan fingerprint density at radius 3 is 2.53 bits per heavy atom. The molecule has 1 aromatic heterocycles. The Morgan fingerprint density at radius 2 is 1.81 bits per heavy atom. The van der Waals surface area contributed by atoms with Crippen molar-refractivity contribution in [1.82, 2.24) is 15.2 Å². The molecule has 0 aliphatic rings. The van der Waals surface area contributed by atoms with Gasteiger partial charge in [0.05, 0.1) is 5.56 Å². The van der Waals surface area contributed by atoms with Crippen molar-refractivity contribution in [3.63, 3.8) is 0 Å². The summed E-state index contributed by atoms with van der Waals surface area (Å²) in [5.74, 6) is 7.22. The highest BCUT2D eigenvalue weighted by Gasteiger charge is 2.07. The molecule has 0 radical (unpaired) electrons. The van der Waals surface area contributed by atoms with Crippen molar-refractivity contribution in [3.05, 3.63) is 100 Å². The first-order valence-corrected chi connectivity index (χ1v) is 11.9. The van der Waals surface area contributed by atoms with Crippen molar-refractivity contribution < 1.29 is 9.53 Å². The predicted molar refractivity (Wildman–Crippen MR) is 145 cm³/mol. The standard InChI is InChI=1S/C29H27ClN4O2/c1-34(2)15-16-36-25-12-5-21(6-13-25)18-33-29(35)22-8-3-20(4-9-22)7-14-26-27-17-24(30)11-10-23(27)19-32-28(26)31/h3-6,8-13,17,19H,15-16,18H2,1-2H3,(H2,31,32)(H,33,35). The first kappa shape index (κ1) is 25.1.